The molecule has 1 unspecified atom stereocenters. The third-order valence-corrected chi connectivity index (χ3v) is 2.69. The van der Waals surface area contributed by atoms with Gasteiger partial charge in [0.15, 0.2) is 18.2 Å². The molecule has 0 aliphatic carbocycles. The topological polar surface area (TPSA) is 61.5 Å². The van der Waals surface area contributed by atoms with Gasteiger partial charge in [0.05, 0.1) is 6.61 Å². The molecule has 0 aliphatic heterocycles. The summed E-state index contributed by atoms with van der Waals surface area (Å²) in [6, 6.07) is 4.52. The number of para-hydroxylation sites is 1. The van der Waals surface area contributed by atoms with Gasteiger partial charge in [0.2, 0.25) is 0 Å². The average Bonchev–Trinajstić information content (AvgIpc) is 2.37. The van der Waals surface area contributed by atoms with Crippen LogP contribution in [-0.4, -0.2) is 25.2 Å². The minimum atomic E-state index is -0.496. The Kier molecular flexibility index (Phi) is 7.01. The molecule has 0 radical (unpaired) electrons. The molecule has 0 amide bonds. The first-order valence-corrected chi connectivity index (χ1v) is 6.86. The first-order valence-electron chi connectivity index (χ1n) is 6.86. The van der Waals surface area contributed by atoms with Gasteiger partial charge in [-0.25, -0.2) is 9.18 Å². The maximum atomic E-state index is 13.7. The number of carbonyl (C=O) groups excluding carboxylic acids is 1. The summed E-state index contributed by atoms with van der Waals surface area (Å²) in [6.45, 7) is 3.90. The number of halogens is 1. The first kappa shape index (κ1) is 16.4. The number of hydrogen-bond acceptors (Lipinski definition) is 4. The third kappa shape index (κ3) is 5.57. The Labute approximate surface area is 119 Å². The normalized spacial score (nSPS) is 12.0. The summed E-state index contributed by atoms with van der Waals surface area (Å²) in [7, 11) is 0. The van der Waals surface area contributed by atoms with Crippen molar-refractivity contribution in [2.24, 2.45) is 5.73 Å². The maximum Gasteiger partial charge on any atom is 0.344 e. The van der Waals surface area contributed by atoms with Crippen molar-refractivity contribution < 1.29 is 18.7 Å². The summed E-state index contributed by atoms with van der Waals surface area (Å²) in [5, 5.41) is 0. The summed E-state index contributed by atoms with van der Waals surface area (Å²) in [5.41, 5.74) is 6.36. The van der Waals surface area contributed by atoms with Crippen LogP contribution in [-0.2, 0) is 16.0 Å². The summed E-state index contributed by atoms with van der Waals surface area (Å²) in [6.07, 6.45) is 2.24. The standard InChI is InChI=1S/C15H22FNO3/c1-3-4-8-19-14(18)10-20-15-12(9-11(2)17)6-5-7-13(15)16/h5-7,11H,3-4,8-10,17H2,1-2H3. The molecule has 0 saturated heterocycles. The SMILES string of the molecule is CCCCOC(=O)COc1c(F)cccc1CC(C)N. The van der Waals surface area contributed by atoms with Gasteiger partial charge in [-0.05, 0) is 31.4 Å². The molecule has 0 aromatic heterocycles. The molecule has 0 heterocycles. The van der Waals surface area contributed by atoms with Crippen LogP contribution in [0.3, 0.4) is 0 Å². The van der Waals surface area contributed by atoms with Gasteiger partial charge in [-0.1, -0.05) is 25.5 Å². The summed E-state index contributed by atoms with van der Waals surface area (Å²) in [4.78, 5) is 11.4. The summed E-state index contributed by atoms with van der Waals surface area (Å²) >= 11 is 0. The molecule has 0 fully saturated rings. The summed E-state index contributed by atoms with van der Waals surface area (Å²) < 4.78 is 23.9. The Morgan fingerprint density at radius 2 is 2.20 bits per heavy atom. The van der Waals surface area contributed by atoms with Gasteiger partial charge in [-0.3, -0.25) is 0 Å². The molecule has 1 aromatic carbocycles. The molecule has 20 heavy (non-hydrogen) atoms. The van der Waals surface area contributed by atoms with Gasteiger partial charge in [-0.2, -0.15) is 0 Å². The third-order valence-electron chi connectivity index (χ3n) is 2.69. The molecular formula is C15H22FNO3. The van der Waals surface area contributed by atoms with E-state index < -0.39 is 11.8 Å². The minimum Gasteiger partial charge on any atom is -0.479 e. The van der Waals surface area contributed by atoms with Crippen molar-refractivity contribution >= 4 is 5.97 Å². The van der Waals surface area contributed by atoms with Gasteiger partial charge in [-0.15, -0.1) is 0 Å². The predicted molar refractivity (Wildman–Crippen MR) is 75.1 cm³/mol. The highest BCUT2D eigenvalue weighted by molar-refractivity contribution is 5.71. The number of unbranched alkanes of at least 4 members (excludes halogenated alkanes) is 1. The Hall–Kier alpha value is -1.62. The molecule has 4 nitrogen and oxygen atoms in total. The lowest BCUT2D eigenvalue weighted by atomic mass is 10.1. The van der Waals surface area contributed by atoms with Gasteiger partial charge in [0.25, 0.3) is 0 Å². The highest BCUT2D eigenvalue weighted by Gasteiger charge is 2.13. The van der Waals surface area contributed by atoms with Crippen molar-refractivity contribution in [2.75, 3.05) is 13.2 Å². The van der Waals surface area contributed by atoms with Crippen LogP contribution in [0.15, 0.2) is 18.2 Å². The molecule has 1 rings (SSSR count). The number of rotatable bonds is 8. The quantitative estimate of drug-likeness (QED) is 0.588. The second-order valence-electron chi connectivity index (χ2n) is 4.77. The van der Waals surface area contributed by atoms with Crippen LogP contribution in [0, 0.1) is 5.82 Å². The van der Waals surface area contributed by atoms with Crippen LogP contribution in [0.2, 0.25) is 0 Å². The van der Waals surface area contributed by atoms with Crippen molar-refractivity contribution in [1.82, 2.24) is 0 Å². The van der Waals surface area contributed by atoms with E-state index in [4.69, 9.17) is 15.2 Å². The number of nitrogens with two attached hydrogens (primary N) is 1. The lowest BCUT2D eigenvalue weighted by Crippen LogP contribution is -2.20. The molecule has 0 aliphatic rings. The van der Waals surface area contributed by atoms with Crippen molar-refractivity contribution in [3.05, 3.63) is 29.6 Å². The lowest BCUT2D eigenvalue weighted by molar-refractivity contribution is -0.146. The van der Waals surface area contributed by atoms with Gasteiger partial charge in [0.1, 0.15) is 0 Å². The fourth-order valence-corrected chi connectivity index (χ4v) is 1.73. The summed E-state index contributed by atoms with van der Waals surface area (Å²) in [5.74, 6) is -0.907. The molecule has 1 aromatic rings. The zero-order chi connectivity index (χ0) is 15.0. The molecule has 5 heteroatoms. The Bertz CT molecular complexity index is 435. The van der Waals surface area contributed by atoms with Crippen molar-refractivity contribution in [1.29, 1.82) is 0 Å². The van der Waals surface area contributed by atoms with Crippen LogP contribution >= 0.6 is 0 Å². The van der Waals surface area contributed by atoms with E-state index >= 15 is 0 Å². The van der Waals surface area contributed by atoms with E-state index in [1.54, 1.807) is 12.1 Å². The lowest BCUT2D eigenvalue weighted by Gasteiger charge is -2.13. The van der Waals surface area contributed by atoms with Gasteiger partial charge < -0.3 is 15.2 Å². The van der Waals surface area contributed by atoms with Crippen molar-refractivity contribution in [2.45, 2.75) is 39.2 Å². The Morgan fingerprint density at radius 1 is 1.45 bits per heavy atom. The van der Waals surface area contributed by atoms with Crippen LogP contribution < -0.4 is 10.5 Å². The largest absolute Gasteiger partial charge is 0.479 e. The van der Waals surface area contributed by atoms with Crippen molar-refractivity contribution in [3.63, 3.8) is 0 Å². The smallest absolute Gasteiger partial charge is 0.344 e. The van der Waals surface area contributed by atoms with Crippen LogP contribution in [0.5, 0.6) is 5.75 Å². The minimum absolute atomic E-state index is 0.0808. The fraction of sp³-hybridized carbons (Fsp3) is 0.533. The monoisotopic (exact) mass is 283 g/mol. The van der Waals surface area contributed by atoms with E-state index in [1.165, 1.54) is 6.07 Å². The predicted octanol–water partition coefficient (Wildman–Crippen LogP) is 2.44. The molecule has 0 spiro atoms. The van der Waals surface area contributed by atoms with E-state index in [0.717, 1.165) is 12.8 Å². The molecule has 2 N–H and O–H groups in total. The van der Waals surface area contributed by atoms with Crippen LogP contribution in [0.25, 0.3) is 0 Å². The van der Waals surface area contributed by atoms with Gasteiger partial charge in [0, 0.05) is 6.04 Å². The maximum absolute atomic E-state index is 13.7. The molecule has 1 atom stereocenters. The second kappa shape index (κ2) is 8.53. The average molecular weight is 283 g/mol. The zero-order valence-electron chi connectivity index (χ0n) is 12.0. The zero-order valence-corrected chi connectivity index (χ0v) is 12.0. The number of esters is 1. The van der Waals surface area contributed by atoms with E-state index in [-0.39, 0.29) is 18.4 Å². The highest BCUT2D eigenvalue weighted by Crippen LogP contribution is 2.23. The Morgan fingerprint density at radius 3 is 2.85 bits per heavy atom. The van der Waals surface area contributed by atoms with E-state index in [1.807, 2.05) is 13.8 Å². The number of benzene rings is 1. The first-order chi connectivity index (χ1) is 9.54. The van der Waals surface area contributed by atoms with E-state index in [9.17, 15) is 9.18 Å². The van der Waals surface area contributed by atoms with Crippen LogP contribution in [0.1, 0.15) is 32.3 Å². The number of hydrogen-bond donors (Lipinski definition) is 1. The number of ether oxygens (including phenoxy) is 2. The molecular weight excluding hydrogens is 261 g/mol. The Balaban J connectivity index is 2.60. The molecule has 0 saturated carbocycles. The van der Waals surface area contributed by atoms with Crippen molar-refractivity contribution in [3.8, 4) is 5.75 Å². The molecule has 112 valence electrons. The fourth-order valence-electron chi connectivity index (χ4n) is 1.73. The molecule has 0 bridgehead atoms. The number of carbonyl (C=O) groups is 1. The highest BCUT2D eigenvalue weighted by atomic mass is 19.1. The van der Waals surface area contributed by atoms with Crippen LogP contribution in [0.4, 0.5) is 4.39 Å². The second-order valence-corrected chi connectivity index (χ2v) is 4.77. The van der Waals surface area contributed by atoms with E-state index in [0.29, 0.717) is 18.6 Å². The van der Waals surface area contributed by atoms with E-state index in [2.05, 4.69) is 0 Å². The van der Waals surface area contributed by atoms with Gasteiger partial charge >= 0.3 is 5.97 Å².